The average molecular weight is 335 g/mol. The number of hydrogen-bond acceptors (Lipinski definition) is 3. The average Bonchev–Trinajstić information content (AvgIpc) is 2.72. The zero-order valence-electron chi connectivity index (χ0n) is 13.1. The fraction of sp³-hybridized carbons (Fsp3) is 0.500. The second kappa shape index (κ2) is 6.70. The Kier molecular flexibility index (Phi) is 4.66. The minimum absolute atomic E-state index is 0.0746. The lowest BCUT2D eigenvalue weighted by Gasteiger charge is -2.36. The van der Waals surface area contributed by atoms with Crippen LogP contribution in [0.5, 0.6) is 0 Å². The highest BCUT2D eigenvalue weighted by Gasteiger charge is 2.31. The molecular weight excluding hydrogens is 314 g/mol. The van der Waals surface area contributed by atoms with Crippen LogP contribution in [0.4, 0.5) is 15.3 Å². The number of carbonyl (C=O) groups excluding carboxylic acids is 1. The number of likely N-dealkylation sites (tertiary alicyclic amines) is 1. The normalized spacial score (nSPS) is 19.1. The predicted octanol–water partition coefficient (Wildman–Crippen LogP) is 2.94. The van der Waals surface area contributed by atoms with E-state index in [9.17, 15) is 9.59 Å². The Bertz CT molecular complexity index is 615. The van der Waals surface area contributed by atoms with E-state index in [1.807, 2.05) is 23.3 Å². The zero-order valence-corrected chi connectivity index (χ0v) is 13.9. The van der Waals surface area contributed by atoms with Gasteiger partial charge in [-0.25, -0.2) is 9.59 Å². The molecule has 0 radical (unpaired) electrons. The van der Waals surface area contributed by atoms with Gasteiger partial charge in [-0.2, -0.15) is 0 Å². The van der Waals surface area contributed by atoms with E-state index in [1.165, 1.54) is 9.80 Å². The highest BCUT2D eigenvalue weighted by molar-refractivity contribution is 7.98. The van der Waals surface area contributed by atoms with Gasteiger partial charge in [0, 0.05) is 36.3 Å². The number of rotatable bonds is 2. The van der Waals surface area contributed by atoms with Crippen LogP contribution in [0, 0.1) is 0 Å². The Labute approximate surface area is 139 Å². The van der Waals surface area contributed by atoms with Crippen molar-refractivity contribution in [1.29, 1.82) is 0 Å². The lowest BCUT2D eigenvalue weighted by atomic mass is 10.0. The first-order valence-corrected chi connectivity index (χ1v) is 9.03. The number of piperidine rings is 1. The summed E-state index contributed by atoms with van der Waals surface area (Å²) in [5.74, 6) is 0. The molecule has 0 aromatic heterocycles. The molecule has 6 nitrogen and oxygen atoms in total. The van der Waals surface area contributed by atoms with Crippen molar-refractivity contribution in [2.75, 3.05) is 31.2 Å². The molecule has 1 aromatic carbocycles. The molecule has 1 fully saturated rings. The summed E-state index contributed by atoms with van der Waals surface area (Å²) in [7, 11) is 0. The van der Waals surface area contributed by atoms with Gasteiger partial charge in [-0.3, -0.25) is 0 Å². The number of amides is 3. The van der Waals surface area contributed by atoms with Crippen molar-refractivity contribution in [3.05, 3.63) is 23.8 Å². The SMILES string of the molecule is CSc1ccc2c(c1)CCN(C1CCN(C(=O)O)CC1)C(=O)N2. The van der Waals surface area contributed by atoms with E-state index < -0.39 is 6.09 Å². The predicted molar refractivity (Wildman–Crippen MR) is 90.3 cm³/mol. The number of thioether (sulfide) groups is 1. The summed E-state index contributed by atoms with van der Waals surface area (Å²) in [5.41, 5.74) is 2.05. The van der Waals surface area contributed by atoms with Gasteiger partial charge >= 0.3 is 12.1 Å². The molecule has 0 aliphatic carbocycles. The third-order valence-electron chi connectivity index (χ3n) is 4.61. The number of hydrogen-bond donors (Lipinski definition) is 2. The van der Waals surface area contributed by atoms with E-state index >= 15 is 0 Å². The minimum Gasteiger partial charge on any atom is -0.465 e. The van der Waals surface area contributed by atoms with Crippen LogP contribution < -0.4 is 5.32 Å². The number of nitrogens with zero attached hydrogens (tertiary/aromatic N) is 2. The molecular formula is C16H21N3O3S. The number of carboxylic acid groups (broad SMARTS) is 1. The maximum atomic E-state index is 12.5. The lowest BCUT2D eigenvalue weighted by molar-refractivity contribution is 0.108. The number of carbonyl (C=O) groups is 2. The summed E-state index contributed by atoms with van der Waals surface area (Å²) in [6.07, 6.45) is 3.39. The maximum absolute atomic E-state index is 12.5. The standard InChI is InChI=1S/C16H21N3O3S/c1-23-13-2-3-14-11(10-13)4-9-19(15(20)17-14)12-5-7-18(8-6-12)16(21)22/h2-3,10,12H,4-9H2,1H3,(H,17,20)(H,21,22). The molecule has 2 N–H and O–H groups in total. The van der Waals surface area contributed by atoms with Crippen LogP contribution in [0.2, 0.25) is 0 Å². The highest BCUT2D eigenvalue weighted by Crippen LogP contribution is 2.28. The van der Waals surface area contributed by atoms with Gasteiger partial charge in [0.15, 0.2) is 0 Å². The molecule has 3 rings (SSSR count). The molecule has 0 unspecified atom stereocenters. The largest absolute Gasteiger partial charge is 0.465 e. The summed E-state index contributed by atoms with van der Waals surface area (Å²) >= 11 is 1.69. The van der Waals surface area contributed by atoms with Crippen LogP contribution in [0.3, 0.4) is 0 Å². The van der Waals surface area contributed by atoms with Crippen LogP contribution in [-0.2, 0) is 6.42 Å². The molecule has 0 saturated carbocycles. The molecule has 7 heteroatoms. The van der Waals surface area contributed by atoms with Crippen molar-refractivity contribution >= 4 is 29.6 Å². The fourth-order valence-electron chi connectivity index (χ4n) is 3.27. The van der Waals surface area contributed by atoms with Crippen molar-refractivity contribution in [2.45, 2.75) is 30.2 Å². The van der Waals surface area contributed by atoms with Gasteiger partial charge < -0.3 is 20.2 Å². The van der Waals surface area contributed by atoms with Crippen molar-refractivity contribution in [1.82, 2.24) is 9.80 Å². The fourth-order valence-corrected chi connectivity index (χ4v) is 3.74. The Morgan fingerprint density at radius 2 is 2.04 bits per heavy atom. The zero-order chi connectivity index (χ0) is 16.4. The molecule has 0 bridgehead atoms. The van der Waals surface area contributed by atoms with Gasteiger partial charge in [-0.15, -0.1) is 11.8 Å². The van der Waals surface area contributed by atoms with Gasteiger partial charge in [0.1, 0.15) is 0 Å². The van der Waals surface area contributed by atoms with Gasteiger partial charge in [-0.1, -0.05) is 0 Å². The van der Waals surface area contributed by atoms with Crippen molar-refractivity contribution in [3.63, 3.8) is 0 Å². The number of anilines is 1. The Hall–Kier alpha value is -1.89. The second-order valence-electron chi connectivity index (χ2n) is 5.90. The maximum Gasteiger partial charge on any atom is 0.407 e. The smallest absolute Gasteiger partial charge is 0.407 e. The molecule has 3 amide bonds. The summed E-state index contributed by atoms with van der Waals surface area (Å²) in [4.78, 5) is 28.0. The molecule has 0 spiro atoms. The molecule has 23 heavy (non-hydrogen) atoms. The van der Waals surface area contributed by atoms with Crippen LogP contribution in [0.1, 0.15) is 18.4 Å². The molecule has 2 aliphatic rings. The Morgan fingerprint density at radius 3 is 2.70 bits per heavy atom. The quantitative estimate of drug-likeness (QED) is 0.815. The number of benzene rings is 1. The van der Waals surface area contributed by atoms with Gasteiger partial charge in [0.25, 0.3) is 0 Å². The number of fused-ring (bicyclic) bond motifs is 1. The molecule has 2 aliphatic heterocycles. The van der Waals surface area contributed by atoms with E-state index in [2.05, 4.69) is 11.4 Å². The number of urea groups is 1. The van der Waals surface area contributed by atoms with Crippen molar-refractivity contribution in [3.8, 4) is 0 Å². The van der Waals surface area contributed by atoms with Crippen LogP contribution in [-0.4, -0.2) is 59.0 Å². The molecule has 0 atom stereocenters. The van der Waals surface area contributed by atoms with Crippen LogP contribution in [0.25, 0.3) is 0 Å². The van der Waals surface area contributed by atoms with E-state index in [0.29, 0.717) is 32.5 Å². The molecule has 2 heterocycles. The topological polar surface area (TPSA) is 72.9 Å². The van der Waals surface area contributed by atoms with E-state index in [1.54, 1.807) is 11.8 Å². The molecule has 1 aromatic rings. The monoisotopic (exact) mass is 335 g/mol. The first-order chi connectivity index (χ1) is 11.1. The van der Waals surface area contributed by atoms with E-state index in [0.717, 1.165) is 17.7 Å². The van der Waals surface area contributed by atoms with Gasteiger partial charge in [0.05, 0.1) is 0 Å². The summed E-state index contributed by atoms with van der Waals surface area (Å²) in [5, 5.41) is 12.0. The summed E-state index contributed by atoms with van der Waals surface area (Å²) in [6, 6.07) is 6.16. The summed E-state index contributed by atoms with van der Waals surface area (Å²) in [6.45, 7) is 1.66. The first-order valence-electron chi connectivity index (χ1n) is 7.81. The lowest BCUT2D eigenvalue weighted by Crippen LogP contribution is -2.49. The third kappa shape index (κ3) is 3.39. The second-order valence-corrected chi connectivity index (χ2v) is 6.78. The molecule has 1 saturated heterocycles. The third-order valence-corrected chi connectivity index (χ3v) is 5.34. The van der Waals surface area contributed by atoms with Crippen LogP contribution >= 0.6 is 11.8 Å². The molecule has 124 valence electrons. The van der Waals surface area contributed by atoms with E-state index in [-0.39, 0.29) is 12.1 Å². The van der Waals surface area contributed by atoms with Gasteiger partial charge in [0.2, 0.25) is 0 Å². The first kappa shape index (κ1) is 16.0. The van der Waals surface area contributed by atoms with Crippen molar-refractivity contribution < 1.29 is 14.7 Å². The van der Waals surface area contributed by atoms with E-state index in [4.69, 9.17) is 5.11 Å². The minimum atomic E-state index is -0.874. The number of nitrogens with one attached hydrogen (secondary N) is 1. The van der Waals surface area contributed by atoms with Crippen molar-refractivity contribution in [2.24, 2.45) is 0 Å². The highest BCUT2D eigenvalue weighted by atomic mass is 32.2. The Balaban J connectivity index is 1.69. The summed E-state index contributed by atoms with van der Waals surface area (Å²) < 4.78 is 0. The van der Waals surface area contributed by atoms with Crippen LogP contribution in [0.15, 0.2) is 23.1 Å². The Morgan fingerprint density at radius 1 is 1.30 bits per heavy atom. The van der Waals surface area contributed by atoms with Gasteiger partial charge in [-0.05, 0) is 49.3 Å².